The number of nitro groups is 1. The number of non-ortho nitro benzene ring substituents is 1. The zero-order chi connectivity index (χ0) is 29.2. The Bertz CT molecular complexity index is 1440. The fourth-order valence-corrected chi connectivity index (χ4v) is 4.46. The molecular weight excluding hydrogens is 526 g/mol. The number of fused-ring (bicyclic) bond motifs is 1. The van der Waals surface area contributed by atoms with E-state index in [0.29, 0.717) is 17.9 Å². The molecule has 41 heavy (non-hydrogen) atoms. The van der Waals surface area contributed by atoms with Crippen LogP contribution < -0.4 is 24.7 Å². The first-order valence-corrected chi connectivity index (χ1v) is 13.4. The first-order valence-electron chi connectivity index (χ1n) is 13.4. The summed E-state index contributed by atoms with van der Waals surface area (Å²) in [6, 6.07) is 19.9. The number of nitro benzene ring substituents is 1. The summed E-state index contributed by atoms with van der Waals surface area (Å²) in [5.41, 5.74) is 7.84. The van der Waals surface area contributed by atoms with Crippen LogP contribution in [0.25, 0.3) is 0 Å². The van der Waals surface area contributed by atoms with Crippen LogP contribution in [0.2, 0.25) is 0 Å². The highest BCUT2D eigenvalue weighted by molar-refractivity contribution is 5.74. The van der Waals surface area contributed by atoms with Crippen LogP contribution in [0.4, 0.5) is 5.69 Å². The van der Waals surface area contributed by atoms with Crippen molar-refractivity contribution in [2.24, 2.45) is 5.73 Å². The van der Waals surface area contributed by atoms with Gasteiger partial charge in [0, 0.05) is 23.8 Å². The molecule has 0 fully saturated rings. The first kappa shape index (κ1) is 29.0. The monoisotopic (exact) mass is 557 g/mol. The second kappa shape index (κ2) is 13.8. The van der Waals surface area contributed by atoms with Gasteiger partial charge in [0.25, 0.3) is 5.69 Å². The van der Waals surface area contributed by atoms with Gasteiger partial charge in [0.05, 0.1) is 17.4 Å². The lowest BCUT2D eigenvalue weighted by Crippen LogP contribution is -2.21. The third-order valence-corrected chi connectivity index (χ3v) is 6.56. The zero-order valence-electron chi connectivity index (χ0n) is 22.7. The predicted molar refractivity (Wildman–Crippen MR) is 151 cm³/mol. The van der Waals surface area contributed by atoms with E-state index in [4.69, 9.17) is 24.7 Å². The number of hydrogen-bond acceptors (Lipinski definition) is 9. The molecule has 0 aliphatic carbocycles. The molecule has 212 valence electrons. The van der Waals surface area contributed by atoms with E-state index in [1.165, 1.54) is 49.6 Å². The Morgan fingerprint density at radius 1 is 0.976 bits per heavy atom. The Morgan fingerprint density at radius 2 is 1.63 bits per heavy atom. The van der Waals surface area contributed by atoms with Crippen LogP contribution in [0.1, 0.15) is 56.1 Å². The Kier molecular flexibility index (Phi) is 9.78. The molecule has 1 heterocycles. The van der Waals surface area contributed by atoms with Gasteiger partial charge in [-0.05, 0) is 42.3 Å². The highest BCUT2D eigenvalue weighted by Gasteiger charge is 2.31. The van der Waals surface area contributed by atoms with Crippen LogP contribution in [0.15, 0.2) is 78.2 Å². The van der Waals surface area contributed by atoms with Crippen molar-refractivity contribution in [1.82, 2.24) is 0 Å². The Hall–Kier alpha value is -5.04. The van der Waals surface area contributed by atoms with Gasteiger partial charge in [0.1, 0.15) is 34.6 Å². The van der Waals surface area contributed by atoms with Gasteiger partial charge in [-0.1, -0.05) is 50.8 Å². The van der Waals surface area contributed by atoms with Gasteiger partial charge in [-0.3, -0.25) is 10.1 Å². The minimum Gasteiger partial charge on any atom is -0.494 e. The lowest BCUT2D eigenvalue weighted by molar-refractivity contribution is -0.384. The molecule has 0 amide bonds. The Balaban J connectivity index is 1.41. The molecular formula is C31H31N3O7. The van der Waals surface area contributed by atoms with Crippen LogP contribution in [-0.2, 0) is 4.79 Å². The number of hydrogen-bond donors (Lipinski definition) is 1. The van der Waals surface area contributed by atoms with Crippen molar-refractivity contribution in [2.45, 2.75) is 44.9 Å². The van der Waals surface area contributed by atoms with Gasteiger partial charge in [0.15, 0.2) is 6.61 Å². The van der Waals surface area contributed by atoms with Crippen LogP contribution in [-0.4, -0.2) is 24.1 Å². The van der Waals surface area contributed by atoms with Gasteiger partial charge in [0.2, 0.25) is 5.88 Å². The fourth-order valence-electron chi connectivity index (χ4n) is 4.46. The molecule has 1 aliphatic rings. The van der Waals surface area contributed by atoms with Gasteiger partial charge < -0.3 is 24.7 Å². The molecule has 3 aromatic rings. The Labute approximate surface area is 238 Å². The number of nitriles is 1. The fraction of sp³-hybridized carbons (Fsp3) is 0.290. The molecule has 4 rings (SSSR count). The average Bonchev–Trinajstić information content (AvgIpc) is 2.97. The largest absolute Gasteiger partial charge is 0.494 e. The third-order valence-electron chi connectivity index (χ3n) is 6.56. The number of rotatable bonds is 13. The van der Waals surface area contributed by atoms with Gasteiger partial charge in [-0.15, -0.1) is 0 Å². The highest BCUT2D eigenvalue weighted by Crippen LogP contribution is 2.43. The average molecular weight is 558 g/mol. The van der Waals surface area contributed by atoms with E-state index < -0.39 is 23.4 Å². The topological polar surface area (TPSA) is 147 Å². The maximum atomic E-state index is 12.4. The van der Waals surface area contributed by atoms with E-state index in [1.807, 2.05) is 24.3 Å². The SMILES string of the molecule is CCCCCCCOc1ccc(C2C(C#N)=C(N)Oc3cc(OC(=O)COc4ccc([N+](=O)[O-])cc4)ccc32)cc1. The summed E-state index contributed by atoms with van der Waals surface area (Å²) in [7, 11) is 0. The number of nitrogens with two attached hydrogens (primary N) is 1. The number of benzene rings is 3. The summed E-state index contributed by atoms with van der Waals surface area (Å²) in [5.74, 6) is 0.429. The van der Waals surface area contributed by atoms with Crippen molar-refractivity contribution in [2.75, 3.05) is 13.2 Å². The summed E-state index contributed by atoms with van der Waals surface area (Å²) < 4.78 is 22.3. The molecule has 1 unspecified atom stereocenters. The van der Waals surface area contributed by atoms with E-state index in [-0.39, 0.29) is 28.6 Å². The highest BCUT2D eigenvalue weighted by atomic mass is 16.6. The van der Waals surface area contributed by atoms with Crippen molar-refractivity contribution < 1.29 is 28.7 Å². The van der Waals surface area contributed by atoms with Gasteiger partial charge >= 0.3 is 5.97 Å². The number of esters is 1. The number of unbranched alkanes of at least 4 members (excludes halogenated alkanes) is 4. The number of nitrogens with zero attached hydrogens (tertiary/aromatic N) is 2. The van der Waals surface area contributed by atoms with Crippen LogP contribution >= 0.6 is 0 Å². The second-order valence-electron chi connectivity index (χ2n) is 9.47. The molecule has 1 atom stereocenters. The molecule has 0 spiro atoms. The van der Waals surface area contributed by atoms with Crippen molar-refractivity contribution in [3.8, 4) is 29.1 Å². The molecule has 1 aliphatic heterocycles. The number of allylic oxidation sites excluding steroid dienone is 1. The van der Waals surface area contributed by atoms with Crippen LogP contribution in [0.5, 0.6) is 23.0 Å². The van der Waals surface area contributed by atoms with E-state index in [2.05, 4.69) is 13.0 Å². The maximum Gasteiger partial charge on any atom is 0.349 e. The van der Waals surface area contributed by atoms with Crippen molar-refractivity contribution in [1.29, 1.82) is 5.26 Å². The predicted octanol–water partition coefficient (Wildman–Crippen LogP) is 6.15. The zero-order valence-corrected chi connectivity index (χ0v) is 22.7. The maximum absolute atomic E-state index is 12.4. The van der Waals surface area contributed by atoms with E-state index in [1.54, 1.807) is 12.1 Å². The van der Waals surface area contributed by atoms with Crippen LogP contribution in [0.3, 0.4) is 0 Å². The lowest BCUT2D eigenvalue weighted by Gasteiger charge is -2.26. The summed E-state index contributed by atoms with van der Waals surface area (Å²) in [5, 5.41) is 20.6. The molecule has 3 aromatic carbocycles. The Morgan fingerprint density at radius 3 is 2.32 bits per heavy atom. The standard InChI is InChI=1S/C31H31N3O7/c1-2-3-4-5-6-17-38-23-11-7-21(8-12-23)30-26-16-15-25(18-28(26)41-31(33)27(30)19-32)40-29(35)20-39-24-13-9-22(10-14-24)34(36)37/h7-16,18,30H,2-6,17,20,33H2,1H3. The molecule has 0 saturated heterocycles. The smallest absolute Gasteiger partial charge is 0.349 e. The third kappa shape index (κ3) is 7.54. The molecule has 0 saturated carbocycles. The second-order valence-corrected chi connectivity index (χ2v) is 9.47. The molecule has 10 nitrogen and oxygen atoms in total. The minimum absolute atomic E-state index is 0.0256. The number of carbonyl (C=O) groups is 1. The number of ether oxygens (including phenoxy) is 4. The van der Waals surface area contributed by atoms with Crippen molar-refractivity contribution in [3.05, 3.63) is 99.4 Å². The molecule has 2 N–H and O–H groups in total. The molecule has 0 radical (unpaired) electrons. The van der Waals surface area contributed by atoms with E-state index in [0.717, 1.165) is 24.2 Å². The van der Waals surface area contributed by atoms with Crippen molar-refractivity contribution >= 4 is 11.7 Å². The first-order chi connectivity index (χ1) is 19.9. The van der Waals surface area contributed by atoms with Gasteiger partial charge in [-0.25, -0.2) is 4.79 Å². The quantitative estimate of drug-likeness (QED) is 0.0859. The normalized spacial score (nSPS) is 13.9. The summed E-state index contributed by atoms with van der Waals surface area (Å²) >= 11 is 0. The summed E-state index contributed by atoms with van der Waals surface area (Å²) in [6.07, 6.45) is 5.80. The minimum atomic E-state index is -0.683. The number of carbonyl (C=O) groups excluding carboxylic acids is 1. The van der Waals surface area contributed by atoms with Crippen molar-refractivity contribution in [3.63, 3.8) is 0 Å². The lowest BCUT2D eigenvalue weighted by atomic mass is 9.83. The van der Waals surface area contributed by atoms with E-state index >= 15 is 0 Å². The molecule has 0 bridgehead atoms. The summed E-state index contributed by atoms with van der Waals surface area (Å²) in [4.78, 5) is 22.6. The van der Waals surface area contributed by atoms with Gasteiger partial charge in [-0.2, -0.15) is 5.26 Å². The summed E-state index contributed by atoms with van der Waals surface area (Å²) in [6.45, 7) is 2.43. The molecule has 10 heteroatoms. The molecule has 0 aromatic heterocycles. The van der Waals surface area contributed by atoms with E-state index in [9.17, 15) is 20.2 Å². The van der Waals surface area contributed by atoms with Crippen LogP contribution in [0, 0.1) is 21.4 Å².